The van der Waals surface area contributed by atoms with Gasteiger partial charge in [0.15, 0.2) is 0 Å². The molecule has 2 heterocycles. The standard InChI is InChI=1S/C24H26FN3O3S/c25-19-6-8-21(9-7-19)31-16-24-26-20(17-32-24)14-23(29)27-22(18-4-2-1-3-5-18)15-28-10-12-30-13-11-28/h1-9,17,22H,10-16H2,(H,27,29). The van der Waals surface area contributed by atoms with Crippen LogP contribution in [0.4, 0.5) is 4.39 Å². The summed E-state index contributed by atoms with van der Waals surface area (Å²) in [5, 5.41) is 5.82. The molecule has 32 heavy (non-hydrogen) atoms. The van der Waals surface area contributed by atoms with Gasteiger partial charge in [0.25, 0.3) is 0 Å². The van der Waals surface area contributed by atoms with Crippen LogP contribution in [0.25, 0.3) is 0 Å². The maximum absolute atomic E-state index is 13.0. The van der Waals surface area contributed by atoms with Crippen molar-refractivity contribution in [2.75, 3.05) is 32.8 Å². The number of morpholine rings is 1. The van der Waals surface area contributed by atoms with E-state index in [1.807, 2.05) is 35.7 Å². The van der Waals surface area contributed by atoms with Crippen LogP contribution in [-0.2, 0) is 22.6 Å². The Labute approximate surface area is 191 Å². The first-order valence-corrected chi connectivity index (χ1v) is 11.5. The van der Waals surface area contributed by atoms with Crippen molar-refractivity contribution in [1.82, 2.24) is 15.2 Å². The summed E-state index contributed by atoms with van der Waals surface area (Å²) in [5.41, 5.74) is 1.79. The van der Waals surface area contributed by atoms with Gasteiger partial charge >= 0.3 is 0 Å². The maximum Gasteiger partial charge on any atom is 0.226 e. The van der Waals surface area contributed by atoms with E-state index in [9.17, 15) is 9.18 Å². The zero-order valence-corrected chi connectivity index (χ0v) is 18.5. The predicted octanol–water partition coefficient (Wildman–Crippen LogP) is 3.59. The Morgan fingerprint density at radius 1 is 1.16 bits per heavy atom. The van der Waals surface area contributed by atoms with E-state index >= 15 is 0 Å². The molecule has 3 aromatic rings. The number of aromatic nitrogens is 1. The normalized spacial score (nSPS) is 15.3. The molecule has 2 aromatic carbocycles. The molecule has 1 N–H and O–H groups in total. The second-order valence-electron chi connectivity index (χ2n) is 7.60. The molecule has 168 valence electrons. The highest BCUT2D eigenvalue weighted by atomic mass is 32.1. The lowest BCUT2D eigenvalue weighted by atomic mass is 10.1. The molecule has 1 aliphatic rings. The number of carbonyl (C=O) groups excluding carboxylic acids is 1. The maximum atomic E-state index is 13.0. The van der Waals surface area contributed by atoms with Crippen LogP contribution in [0.3, 0.4) is 0 Å². The molecule has 1 saturated heterocycles. The monoisotopic (exact) mass is 455 g/mol. The van der Waals surface area contributed by atoms with Gasteiger partial charge < -0.3 is 14.8 Å². The van der Waals surface area contributed by atoms with Crippen molar-refractivity contribution in [3.63, 3.8) is 0 Å². The number of halogens is 1. The van der Waals surface area contributed by atoms with Gasteiger partial charge in [-0.1, -0.05) is 30.3 Å². The Hall–Kier alpha value is -2.81. The minimum atomic E-state index is -0.303. The molecule has 1 fully saturated rings. The van der Waals surface area contributed by atoms with Gasteiger partial charge in [-0.05, 0) is 29.8 Å². The van der Waals surface area contributed by atoms with Gasteiger partial charge in [0, 0.05) is 25.0 Å². The molecule has 1 unspecified atom stereocenters. The molecule has 1 atom stereocenters. The van der Waals surface area contributed by atoms with Crippen molar-refractivity contribution < 1.29 is 18.7 Å². The van der Waals surface area contributed by atoms with Gasteiger partial charge in [0.05, 0.1) is 31.4 Å². The summed E-state index contributed by atoms with van der Waals surface area (Å²) in [6.45, 7) is 4.19. The fraction of sp³-hybridized carbons (Fsp3) is 0.333. The van der Waals surface area contributed by atoms with Gasteiger partial charge in [-0.3, -0.25) is 9.69 Å². The van der Waals surface area contributed by atoms with E-state index in [1.54, 1.807) is 12.1 Å². The van der Waals surface area contributed by atoms with Crippen molar-refractivity contribution in [3.8, 4) is 5.75 Å². The number of thiazole rings is 1. The summed E-state index contributed by atoms with van der Waals surface area (Å²) in [7, 11) is 0. The average Bonchev–Trinajstić information content (AvgIpc) is 3.26. The summed E-state index contributed by atoms with van der Waals surface area (Å²) in [6, 6.07) is 15.8. The van der Waals surface area contributed by atoms with Crippen molar-refractivity contribution in [3.05, 3.63) is 82.1 Å². The summed E-state index contributed by atoms with van der Waals surface area (Å²) < 4.78 is 24.1. The van der Waals surface area contributed by atoms with E-state index < -0.39 is 0 Å². The minimum Gasteiger partial charge on any atom is -0.486 e. The van der Waals surface area contributed by atoms with E-state index in [0.717, 1.165) is 43.4 Å². The smallest absolute Gasteiger partial charge is 0.226 e. The first kappa shape index (κ1) is 22.4. The predicted molar refractivity (Wildman–Crippen MR) is 121 cm³/mol. The van der Waals surface area contributed by atoms with Gasteiger partial charge in [-0.25, -0.2) is 9.37 Å². The number of rotatable bonds is 9. The molecule has 1 aromatic heterocycles. The van der Waals surface area contributed by atoms with Crippen LogP contribution in [0, 0.1) is 5.82 Å². The van der Waals surface area contributed by atoms with E-state index in [-0.39, 0.29) is 30.8 Å². The molecule has 8 heteroatoms. The van der Waals surface area contributed by atoms with Crippen molar-refractivity contribution in [2.45, 2.75) is 19.1 Å². The highest BCUT2D eigenvalue weighted by Gasteiger charge is 2.20. The second kappa shape index (κ2) is 11.2. The Kier molecular flexibility index (Phi) is 7.82. The molecular weight excluding hydrogens is 429 g/mol. The number of carbonyl (C=O) groups is 1. The Balaban J connectivity index is 1.33. The minimum absolute atomic E-state index is 0.0663. The van der Waals surface area contributed by atoms with E-state index in [0.29, 0.717) is 11.4 Å². The number of nitrogens with one attached hydrogen (secondary N) is 1. The SMILES string of the molecule is O=C(Cc1csc(COc2ccc(F)cc2)n1)NC(CN1CCOCC1)c1ccccc1. The van der Waals surface area contributed by atoms with E-state index in [2.05, 4.69) is 15.2 Å². The van der Waals surface area contributed by atoms with Crippen molar-refractivity contribution >= 4 is 17.2 Å². The molecule has 0 bridgehead atoms. The third kappa shape index (κ3) is 6.59. The molecule has 1 aliphatic heterocycles. The molecule has 1 amide bonds. The highest BCUT2D eigenvalue weighted by molar-refractivity contribution is 7.09. The van der Waals surface area contributed by atoms with Crippen molar-refractivity contribution in [2.24, 2.45) is 0 Å². The molecule has 0 spiro atoms. The quantitative estimate of drug-likeness (QED) is 0.534. The lowest BCUT2D eigenvalue weighted by molar-refractivity contribution is -0.121. The molecule has 4 rings (SSSR count). The number of hydrogen-bond acceptors (Lipinski definition) is 6. The van der Waals surface area contributed by atoms with Crippen LogP contribution >= 0.6 is 11.3 Å². The first-order chi connectivity index (χ1) is 15.7. The van der Waals surface area contributed by atoms with Gasteiger partial charge in [-0.15, -0.1) is 11.3 Å². The van der Waals surface area contributed by atoms with Crippen LogP contribution < -0.4 is 10.1 Å². The van der Waals surface area contributed by atoms with E-state index in [1.165, 1.54) is 23.5 Å². The Morgan fingerprint density at radius 3 is 2.66 bits per heavy atom. The molecule has 0 aliphatic carbocycles. The van der Waals surface area contributed by atoms with Crippen LogP contribution in [0.1, 0.15) is 22.3 Å². The van der Waals surface area contributed by atoms with Crippen LogP contribution in [0.15, 0.2) is 60.0 Å². The summed E-state index contributed by atoms with van der Waals surface area (Å²) >= 11 is 1.45. The van der Waals surface area contributed by atoms with Crippen LogP contribution in [-0.4, -0.2) is 48.6 Å². The molecule has 0 radical (unpaired) electrons. The van der Waals surface area contributed by atoms with Crippen LogP contribution in [0.5, 0.6) is 5.75 Å². The fourth-order valence-corrected chi connectivity index (χ4v) is 4.25. The van der Waals surface area contributed by atoms with Crippen molar-refractivity contribution in [1.29, 1.82) is 0 Å². The zero-order valence-electron chi connectivity index (χ0n) is 17.7. The average molecular weight is 456 g/mol. The van der Waals surface area contributed by atoms with Gasteiger partial charge in [0.1, 0.15) is 23.2 Å². The Bertz CT molecular complexity index is 991. The number of hydrogen-bond donors (Lipinski definition) is 1. The Morgan fingerprint density at radius 2 is 1.91 bits per heavy atom. The summed E-state index contributed by atoms with van der Waals surface area (Å²) in [4.78, 5) is 19.6. The number of nitrogens with zero attached hydrogens (tertiary/aromatic N) is 2. The third-order valence-electron chi connectivity index (χ3n) is 5.20. The number of amides is 1. The molecular formula is C24H26FN3O3S. The second-order valence-corrected chi connectivity index (χ2v) is 8.54. The van der Waals surface area contributed by atoms with Crippen LogP contribution in [0.2, 0.25) is 0 Å². The summed E-state index contributed by atoms with van der Waals surface area (Å²) in [6.07, 6.45) is 0.208. The number of ether oxygens (including phenoxy) is 2. The first-order valence-electron chi connectivity index (χ1n) is 10.6. The largest absolute Gasteiger partial charge is 0.486 e. The third-order valence-corrected chi connectivity index (χ3v) is 6.07. The summed E-state index contributed by atoms with van der Waals surface area (Å²) in [5.74, 6) is 0.209. The number of benzene rings is 2. The van der Waals surface area contributed by atoms with Gasteiger partial charge in [-0.2, -0.15) is 0 Å². The zero-order chi connectivity index (χ0) is 22.2. The lowest BCUT2D eigenvalue weighted by Crippen LogP contribution is -2.43. The van der Waals surface area contributed by atoms with Gasteiger partial charge in [0.2, 0.25) is 5.91 Å². The highest BCUT2D eigenvalue weighted by Crippen LogP contribution is 2.18. The fourth-order valence-electron chi connectivity index (χ4n) is 3.54. The molecule has 6 nitrogen and oxygen atoms in total. The topological polar surface area (TPSA) is 63.7 Å². The molecule has 0 saturated carbocycles. The van der Waals surface area contributed by atoms with E-state index in [4.69, 9.17) is 9.47 Å². The lowest BCUT2D eigenvalue weighted by Gasteiger charge is -2.31.